The topological polar surface area (TPSA) is 83.9 Å². The van der Waals surface area contributed by atoms with E-state index in [0.717, 1.165) is 4.88 Å². The largest absolute Gasteiger partial charge is 0.334 e. The summed E-state index contributed by atoms with van der Waals surface area (Å²) in [4.78, 5) is 26.8. The van der Waals surface area contributed by atoms with Crippen LogP contribution >= 0.6 is 22.9 Å². The summed E-state index contributed by atoms with van der Waals surface area (Å²) in [5, 5.41) is 10.5. The number of aromatic nitrogens is 4. The zero-order valence-electron chi connectivity index (χ0n) is 13.7. The van der Waals surface area contributed by atoms with Gasteiger partial charge in [0.15, 0.2) is 5.82 Å². The first kappa shape index (κ1) is 17.4. The van der Waals surface area contributed by atoms with Crippen molar-refractivity contribution in [3.8, 4) is 5.82 Å². The number of nitrogens with one attached hydrogen (secondary N) is 1. The molecule has 3 aromatic rings. The van der Waals surface area contributed by atoms with E-state index in [-0.39, 0.29) is 11.5 Å². The molecule has 3 rings (SSSR count). The van der Waals surface area contributed by atoms with Crippen molar-refractivity contribution in [2.45, 2.75) is 20.4 Å². The number of aromatic amines is 1. The number of nitrogens with zero attached hydrogens (tertiary/aromatic N) is 4. The zero-order valence-corrected chi connectivity index (χ0v) is 15.3. The molecule has 0 bridgehead atoms. The summed E-state index contributed by atoms with van der Waals surface area (Å²) in [6.07, 6.45) is 1.52. The van der Waals surface area contributed by atoms with Gasteiger partial charge in [0.05, 0.1) is 28.3 Å². The Bertz CT molecular complexity index is 941. The van der Waals surface area contributed by atoms with Gasteiger partial charge < -0.3 is 4.90 Å². The Hall–Kier alpha value is -2.45. The average molecular weight is 378 g/mol. The number of H-pyrrole nitrogens is 1. The van der Waals surface area contributed by atoms with E-state index in [1.54, 1.807) is 17.9 Å². The van der Waals surface area contributed by atoms with Gasteiger partial charge in [-0.1, -0.05) is 11.6 Å². The second kappa shape index (κ2) is 7.20. The lowest BCUT2D eigenvalue weighted by atomic mass is 10.2. The molecule has 0 radical (unpaired) electrons. The summed E-state index contributed by atoms with van der Waals surface area (Å²) >= 11 is 7.42. The van der Waals surface area contributed by atoms with Crippen LogP contribution in [-0.4, -0.2) is 37.3 Å². The van der Waals surface area contributed by atoms with Gasteiger partial charge in [-0.25, -0.2) is 9.78 Å². The van der Waals surface area contributed by atoms with Crippen molar-refractivity contribution < 1.29 is 4.79 Å². The Morgan fingerprint density at radius 1 is 1.36 bits per heavy atom. The Balaban J connectivity index is 1.86. The molecule has 0 atom stereocenters. The number of thiophene rings is 1. The predicted octanol–water partition coefficient (Wildman–Crippen LogP) is 2.64. The Morgan fingerprint density at radius 3 is 2.76 bits per heavy atom. The number of rotatable bonds is 5. The van der Waals surface area contributed by atoms with Gasteiger partial charge in [0.1, 0.15) is 0 Å². The van der Waals surface area contributed by atoms with Crippen LogP contribution in [0.5, 0.6) is 0 Å². The minimum Gasteiger partial charge on any atom is -0.334 e. The number of carbonyl (C=O) groups excluding carboxylic acids is 1. The fourth-order valence-corrected chi connectivity index (χ4v) is 3.53. The van der Waals surface area contributed by atoms with Crippen LogP contribution in [0.4, 0.5) is 0 Å². The van der Waals surface area contributed by atoms with Crippen molar-refractivity contribution in [3.05, 3.63) is 61.3 Å². The number of carbonyl (C=O) groups is 1. The minimum absolute atomic E-state index is 0.111. The van der Waals surface area contributed by atoms with E-state index in [0.29, 0.717) is 34.5 Å². The third-order valence-corrected chi connectivity index (χ3v) is 4.98. The zero-order chi connectivity index (χ0) is 18.0. The van der Waals surface area contributed by atoms with E-state index in [1.165, 1.54) is 28.3 Å². The van der Waals surface area contributed by atoms with Crippen LogP contribution in [0.25, 0.3) is 5.82 Å². The molecule has 7 nitrogen and oxygen atoms in total. The smallest absolute Gasteiger partial charge is 0.264 e. The van der Waals surface area contributed by atoms with Crippen molar-refractivity contribution in [2.24, 2.45) is 0 Å². The second-order valence-corrected chi connectivity index (χ2v) is 7.16. The molecule has 0 fully saturated rings. The molecule has 1 N–H and O–H groups in total. The summed E-state index contributed by atoms with van der Waals surface area (Å²) in [6, 6.07) is 6.66. The lowest BCUT2D eigenvalue weighted by Crippen LogP contribution is -2.30. The van der Waals surface area contributed by atoms with E-state index in [9.17, 15) is 9.59 Å². The van der Waals surface area contributed by atoms with Gasteiger partial charge in [0.2, 0.25) is 0 Å². The van der Waals surface area contributed by atoms with Gasteiger partial charge in [-0.05, 0) is 32.0 Å². The molecule has 0 saturated carbocycles. The Labute approximate surface area is 152 Å². The maximum absolute atomic E-state index is 12.9. The fraction of sp³-hybridized carbons (Fsp3) is 0.250. The molecule has 0 aromatic carbocycles. The maximum atomic E-state index is 12.9. The lowest BCUT2D eigenvalue weighted by molar-refractivity contribution is 0.0753. The van der Waals surface area contributed by atoms with Crippen molar-refractivity contribution in [3.63, 3.8) is 0 Å². The van der Waals surface area contributed by atoms with Crippen LogP contribution in [0.1, 0.15) is 27.9 Å². The SMILES string of the molecule is CCN(Cc1ccc(Cl)s1)C(=O)c1cnn(-c2ccc(=O)[nH]n2)c1C. The Kier molecular flexibility index (Phi) is 5.00. The van der Waals surface area contributed by atoms with Crippen LogP contribution in [-0.2, 0) is 6.54 Å². The predicted molar refractivity (Wildman–Crippen MR) is 96.5 cm³/mol. The molecular weight excluding hydrogens is 362 g/mol. The van der Waals surface area contributed by atoms with Crippen molar-refractivity contribution in [1.29, 1.82) is 0 Å². The van der Waals surface area contributed by atoms with Crippen LogP contribution in [0.3, 0.4) is 0 Å². The van der Waals surface area contributed by atoms with Crippen molar-refractivity contribution >= 4 is 28.8 Å². The molecule has 0 spiro atoms. The highest BCUT2D eigenvalue weighted by Gasteiger charge is 2.21. The first-order chi connectivity index (χ1) is 12.0. The number of amides is 1. The molecule has 0 aliphatic heterocycles. The molecule has 3 heterocycles. The summed E-state index contributed by atoms with van der Waals surface area (Å²) in [5.41, 5.74) is 0.862. The highest BCUT2D eigenvalue weighted by atomic mass is 35.5. The molecule has 0 unspecified atom stereocenters. The van der Waals surface area contributed by atoms with Crippen LogP contribution < -0.4 is 5.56 Å². The molecule has 0 aliphatic carbocycles. The molecule has 3 aromatic heterocycles. The molecule has 9 heteroatoms. The molecule has 25 heavy (non-hydrogen) atoms. The molecule has 130 valence electrons. The Morgan fingerprint density at radius 2 is 2.16 bits per heavy atom. The monoisotopic (exact) mass is 377 g/mol. The summed E-state index contributed by atoms with van der Waals surface area (Å²) < 4.78 is 2.23. The summed E-state index contributed by atoms with van der Waals surface area (Å²) in [5.74, 6) is 0.337. The summed E-state index contributed by atoms with van der Waals surface area (Å²) in [6.45, 7) is 4.78. The van der Waals surface area contributed by atoms with E-state index < -0.39 is 0 Å². The highest BCUT2D eigenvalue weighted by molar-refractivity contribution is 7.16. The first-order valence-electron chi connectivity index (χ1n) is 7.63. The molecule has 0 aliphatic rings. The van der Waals surface area contributed by atoms with E-state index in [2.05, 4.69) is 15.3 Å². The molecule has 1 amide bonds. The quantitative estimate of drug-likeness (QED) is 0.740. The van der Waals surface area contributed by atoms with Gasteiger partial charge >= 0.3 is 0 Å². The lowest BCUT2D eigenvalue weighted by Gasteiger charge is -2.20. The summed E-state index contributed by atoms with van der Waals surface area (Å²) in [7, 11) is 0. The fourth-order valence-electron chi connectivity index (χ4n) is 2.43. The van der Waals surface area contributed by atoms with Crippen LogP contribution in [0.2, 0.25) is 4.34 Å². The molecule has 0 saturated heterocycles. The maximum Gasteiger partial charge on any atom is 0.264 e. The van der Waals surface area contributed by atoms with E-state index >= 15 is 0 Å². The van der Waals surface area contributed by atoms with Gasteiger partial charge in [-0.3, -0.25) is 9.59 Å². The number of hydrogen-bond acceptors (Lipinski definition) is 5. The standard InChI is InChI=1S/C16H16ClN5O2S/c1-3-21(9-11-4-5-13(17)25-11)16(24)12-8-18-22(10(12)2)14-6-7-15(23)20-19-14/h4-8H,3,9H2,1-2H3,(H,20,23). The second-order valence-electron chi connectivity index (χ2n) is 5.36. The minimum atomic E-state index is -0.295. The van der Waals surface area contributed by atoms with Crippen molar-refractivity contribution in [2.75, 3.05) is 6.54 Å². The third-order valence-electron chi connectivity index (χ3n) is 3.77. The van der Waals surface area contributed by atoms with Crippen molar-refractivity contribution in [1.82, 2.24) is 24.9 Å². The van der Waals surface area contributed by atoms with Gasteiger partial charge in [-0.2, -0.15) is 10.2 Å². The third kappa shape index (κ3) is 3.64. The number of hydrogen-bond donors (Lipinski definition) is 1. The van der Waals surface area contributed by atoms with Gasteiger partial charge in [0, 0.05) is 17.5 Å². The van der Waals surface area contributed by atoms with Gasteiger partial charge in [0.25, 0.3) is 11.5 Å². The van der Waals surface area contributed by atoms with Gasteiger partial charge in [-0.15, -0.1) is 11.3 Å². The normalized spacial score (nSPS) is 10.8. The van der Waals surface area contributed by atoms with E-state index in [4.69, 9.17) is 11.6 Å². The van der Waals surface area contributed by atoms with E-state index in [1.807, 2.05) is 19.1 Å². The first-order valence-corrected chi connectivity index (χ1v) is 8.83. The average Bonchev–Trinajstić information content (AvgIpc) is 3.18. The van der Waals surface area contributed by atoms with Crippen LogP contribution in [0, 0.1) is 6.92 Å². The van der Waals surface area contributed by atoms with Crippen LogP contribution in [0.15, 0.2) is 35.3 Å². The number of halogens is 1. The highest BCUT2D eigenvalue weighted by Crippen LogP contribution is 2.23. The molecular formula is C16H16ClN5O2S.